The summed E-state index contributed by atoms with van der Waals surface area (Å²) in [6, 6.07) is 12.7. The van der Waals surface area contributed by atoms with E-state index in [0.29, 0.717) is 5.75 Å². The first-order chi connectivity index (χ1) is 15.5. The minimum atomic E-state index is -0.680. The topological polar surface area (TPSA) is 75.5 Å². The quantitative estimate of drug-likeness (QED) is 0.491. The highest BCUT2D eigenvalue weighted by Crippen LogP contribution is 2.25. The molecule has 172 valence electrons. The van der Waals surface area contributed by atoms with Crippen molar-refractivity contribution in [3.8, 4) is 11.8 Å². The number of hydrogen-bond acceptors (Lipinski definition) is 5. The molecule has 1 amide bonds. The number of carbonyl (C=O) groups excluding carboxylic acids is 1. The van der Waals surface area contributed by atoms with E-state index in [-0.39, 0.29) is 24.3 Å². The molecule has 0 N–H and O–H groups in total. The second-order valence-corrected chi connectivity index (χ2v) is 9.11. The number of aryl methyl sites for hydroxylation is 2. The average Bonchev–Trinajstić information content (AvgIpc) is 2.72. The fourth-order valence-electron chi connectivity index (χ4n) is 3.47. The monoisotopic (exact) mass is 449 g/mol. The van der Waals surface area contributed by atoms with Gasteiger partial charge < -0.3 is 14.4 Å². The number of rotatable bonds is 5. The molecule has 0 fully saturated rings. The Morgan fingerprint density at radius 1 is 1.18 bits per heavy atom. The molecule has 7 heteroatoms. The predicted octanol–water partition coefficient (Wildman–Crippen LogP) is 5.81. The Balaban J connectivity index is 1.80. The first-order valence-electron chi connectivity index (χ1n) is 10.6. The van der Waals surface area contributed by atoms with E-state index in [0.717, 1.165) is 27.7 Å². The third kappa shape index (κ3) is 5.98. The van der Waals surface area contributed by atoms with Gasteiger partial charge in [0.15, 0.2) is 0 Å². The van der Waals surface area contributed by atoms with Crippen molar-refractivity contribution in [3.05, 3.63) is 70.2 Å². The number of aromatic nitrogens is 1. The van der Waals surface area contributed by atoms with Crippen molar-refractivity contribution in [3.63, 3.8) is 0 Å². The Bertz CT molecular complexity index is 1240. The van der Waals surface area contributed by atoms with E-state index < -0.39 is 17.5 Å². The summed E-state index contributed by atoms with van der Waals surface area (Å²) >= 11 is 0. The van der Waals surface area contributed by atoms with E-state index in [2.05, 4.69) is 4.98 Å². The molecule has 2 aromatic carbocycles. The van der Waals surface area contributed by atoms with Crippen LogP contribution in [0.4, 0.5) is 9.18 Å². The Hall–Kier alpha value is -3.66. The Labute approximate surface area is 193 Å². The lowest BCUT2D eigenvalue weighted by atomic mass is 10.1. The fourth-order valence-corrected chi connectivity index (χ4v) is 3.47. The number of pyridine rings is 1. The van der Waals surface area contributed by atoms with E-state index in [1.165, 1.54) is 24.1 Å². The van der Waals surface area contributed by atoms with Gasteiger partial charge in [-0.1, -0.05) is 12.1 Å². The van der Waals surface area contributed by atoms with Gasteiger partial charge >= 0.3 is 6.09 Å². The third-order valence-electron chi connectivity index (χ3n) is 4.97. The molecule has 0 aliphatic carbocycles. The maximum absolute atomic E-state index is 14.8. The number of hydrogen-bond donors (Lipinski definition) is 0. The van der Waals surface area contributed by atoms with Gasteiger partial charge in [0.1, 0.15) is 29.8 Å². The van der Waals surface area contributed by atoms with Crippen LogP contribution in [0.25, 0.3) is 10.9 Å². The van der Waals surface area contributed by atoms with Gasteiger partial charge in [0.25, 0.3) is 0 Å². The average molecular weight is 450 g/mol. The molecule has 0 radical (unpaired) electrons. The zero-order chi connectivity index (χ0) is 24.3. The molecule has 1 heterocycles. The third-order valence-corrected chi connectivity index (χ3v) is 4.97. The molecule has 0 saturated heterocycles. The zero-order valence-electron chi connectivity index (χ0n) is 19.8. The summed E-state index contributed by atoms with van der Waals surface area (Å²) in [6.45, 7) is 9.43. The van der Waals surface area contributed by atoms with Crippen molar-refractivity contribution in [1.82, 2.24) is 9.88 Å². The fraction of sp³-hybridized carbons (Fsp3) is 0.346. The summed E-state index contributed by atoms with van der Waals surface area (Å²) in [7, 11) is 1.51. The molecule has 33 heavy (non-hydrogen) atoms. The summed E-state index contributed by atoms with van der Waals surface area (Å²) < 4.78 is 26.0. The van der Waals surface area contributed by atoms with Gasteiger partial charge in [-0.15, -0.1) is 0 Å². The number of ether oxygens (including phenoxy) is 2. The number of halogens is 1. The highest BCUT2D eigenvalue weighted by Gasteiger charge is 2.21. The van der Waals surface area contributed by atoms with Crippen LogP contribution in [0.1, 0.15) is 48.7 Å². The molecule has 0 spiro atoms. The minimum Gasteiger partial charge on any atom is -0.489 e. The summed E-state index contributed by atoms with van der Waals surface area (Å²) in [4.78, 5) is 18.1. The Morgan fingerprint density at radius 3 is 2.58 bits per heavy atom. The SMILES string of the molecule is Cc1cc(C)c2ccc(COc3cc(C#N)c(F)c(CN(C)C(=O)OC(C)(C)C)c3)cc2n1. The summed E-state index contributed by atoms with van der Waals surface area (Å²) in [6.07, 6.45) is -0.582. The van der Waals surface area contributed by atoms with Gasteiger partial charge in [0.2, 0.25) is 0 Å². The van der Waals surface area contributed by atoms with Crippen molar-refractivity contribution in [2.45, 2.75) is 53.4 Å². The maximum atomic E-state index is 14.8. The molecule has 0 atom stereocenters. The molecule has 0 aliphatic rings. The molecular weight excluding hydrogens is 421 g/mol. The highest BCUT2D eigenvalue weighted by atomic mass is 19.1. The molecule has 0 unspecified atom stereocenters. The normalized spacial score (nSPS) is 11.2. The Morgan fingerprint density at radius 2 is 1.91 bits per heavy atom. The Kier molecular flexibility index (Phi) is 6.87. The number of benzene rings is 2. The zero-order valence-corrected chi connectivity index (χ0v) is 19.8. The first-order valence-corrected chi connectivity index (χ1v) is 10.6. The van der Waals surface area contributed by atoms with E-state index in [9.17, 15) is 14.4 Å². The van der Waals surface area contributed by atoms with Crippen molar-refractivity contribution in [1.29, 1.82) is 5.26 Å². The number of carbonyl (C=O) groups is 1. The molecular formula is C26H28FN3O3. The van der Waals surface area contributed by atoms with Crippen LogP contribution in [-0.4, -0.2) is 28.6 Å². The largest absolute Gasteiger partial charge is 0.489 e. The van der Waals surface area contributed by atoms with Crippen molar-refractivity contribution >= 4 is 17.0 Å². The van der Waals surface area contributed by atoms with Gasteiger partial charge in [-0.2, -0.15) is 5.26 Å². The van der Waals surface area contributed by atoms with Crippen LogP contribution >= 0.6 is 0 Å². The van der Waals surface area contributed by atoms with E-state index in [4.69, 9.17) is 9.47 Å². The molecule has 3 rings (SSSR count). The molecule has 0 bridgehead atoms. The van der Waals surface area contributed by atoms with Crippen molar-refractivity contribution in [2.75, 3.05) is 7.05 Å². The van der Waals surface area contributed by atoms with Crippen molar-refractivity contribution in [2.24, 2.45) is 0 Å². The molecule has 3 aromatic rings. The minimum absolute atomic E-state index is 0.0644. The van der Waals surface area contributed by atoms with Crippen LogP contribution in [0.3, 0.4) is 0 Å². The molecule has 1 aromatic heterocycles. The molecule has 6 nitrogen and oxygen atoms in total. The lowest BCUT2D eigenvalue weighted by Gasteiger charge is -2.25. The maximum Gasteiger partial charge on any atom is 0.410 e. The van der Waals surface area contributed by atoms with Gasteiger partial charge in [-0.3, -0.25) is 4.98 Å². The van der Waals surface area contributed by atoms with E-state index in [1.54, 1.807) is 20.8 Å². The summed E-state index contributed by atoms with van der Waals surface area (Å²) in [5, 5.41) is 10.4. The number of fused-ring (bicyclic) bond motifs is 1. The second-order valence-electron chi connectivity index (χ2n) is 9.11. The summed E-state index contributed by atoms with van der Waals surface area (Å²) in [5.41, 5.74) is 3.23. The second kappa shape index (κ2) is 9.45. The first kappa shape index (κ1) is 24.0. The lowest BCUT2D eigenvalue weighted by Crippen LogP contribution is -2.34. The van der Waals surface area contributed by atoms with Crippen LogP contribution in [0.15, 0.2) is 36.4 Å². The van der Waals surface area contributed by atoms with Gasteiger partial charge in [-0.05, 0) is 63.9 Å². The van der Waals surface area contributed by atoms with Crippen molar-refractivity contribution < 1.29 is 18.7 Å². The standard InChI is InChI=1S/C26H28FN3O3/c1-16-9-17(2)29-23-10-18(7-8-22(16)23)15-32-21-11-19(13-28)24(27)20(12-21)14-30(6)25(31)33-26(3,4)5/h7-12H,14-15H2,1-6H3. The van der Waals surface area contributed by atoms with E-state index in [1.807, 2.05) is 44.2 Å². The lowest BCUT2D eigenvalue weighted by molar-refractivity contribution is 0.0283. The predicted molar refractivity (Wildman–Crippen MR) is 124 cm³/mol. The summed E-state index contributed by atoms with van der Waals surface area (Å²) in [5.74, 6) is -0.338. The molecule has 0 saturated carbocycles. The van der Waals surface area contributed by atoms with Gasteiger partial charge in [0.05, 0.1) is 17.6 Å². The van der Waals surface area contributed by atoms with E-state index >= 15 is 0 Å². The van der Waals surface area contributed by atoms with Crippen LogP contribution in [0.5, 0.6) is 5.75 Å². The van der Waals surface area contributed by atoms with Crippen LogP contribution in [-0.2, 0) is 17.9 Å². The highest BCUT2D eigenvalue weighted by molar-refractivity contribution is 5.82. The van der Waals surface area contributed by atoms with Crippen LogP contribution in [0.2, 0.25) is 0 Å². The number of nitriles is 1. The van der Waals surface area contributed by atoms with Gasteiger partial charge in [-0.25, -0.2) is 9.18 Å². The number of amides is 1. The van der Waals surface area contributed by atoms with Crippen LogP contribution in [0, 0.1) is 31.0 Å². The molecule has 0 aliphatic heterocycles. The number of nitrogens with zero attached hydrogens (tertiary/aromatic N) is 3. The smallest absolute Gasteiger partial charge is 0.410 e. The van der Waals surface area contributed by atoms with Gasteiger partial charge in [0, 0.05) is 29.8 Å². The van der Waals surface area contributed by atoms with Crippen LogP contribution < -0.4 is 4.74 Å².